The Hall–Kier alpha value is -0.900. The van der Waals surface area contributed by atoms with Gasteiger partial charge in [0.25, 0.3) is 0 Å². The van der Waals surface area contributed by atoms with E-state index in [0.29, 0.717) is 17.1 Å². The van der Waals surface area contributed by atoms with Crippen molar-refractivity contribution < 1.29 is 4.39 Å². The minimum absolute atomic E-state index is 0.259. The van der Waals surface area contributed by atoms with Gasteiger partial charge in [-0.05, 0) is 30.3 Å². The summed E-state index contributed by atoms with van der Waals surface area (Å²) in [7, 11) is 0. The number of nitrogens with two attached hydrogens (primary N) is 1. The van der Waals surface area contributed by atoms with E-state index in [-0.39, 0.29) is 5.82 Å². The molecule has 15 heavy (non-hydrogen) atoms. The van der Waals surface area contributed by atoms with Gasteiger partial charge in [0.15, 0.2) is 0 Å². The molecular weight excluding hydrogens is 233 g/mol. The molecule has 0 radical (unpaired) electrons. The lowest BCUT2D eigenvalue weighted by Crippen LogP contribution is -1.91. The predicted octanol–water partition coefficient (Wildman–Crippen LogP) is 3.67. The van der Waals surface area contributed by atoms with E-state index in [1.165, 1.54) is 23.5 Å². The summed E-state index contributed by atoms with van der Waals surface area (Å²) in [5.74, 6) is -0.259. The van der Waals surface area contributed by atoms with Gasteiger partial charge in [-0.15, -0.1) is 11.3 Å². The van der Waals surface area contributed by atoms with E-state index in [2.05, 4.69) is 0 Å². The summed E-state index contributed by atoms with van der Waals surface area (Å²) in [6.45, 7) is 0.479. The predicted molar refractivity (Wildman–Crippen MR) is 62.6 cm³/mol. The van der Waals surface area contributed by atoms with Gasteiger partial charge in [-0.1, -0.05) is 11.6 Å². The minimum atomic E-state index is -0.259. The largest absolute Gasteiger partial charge is 0.326 e. The number of hydrogen-bond acceptors (Lipinski definition) is 2. The lowest BCUT2D eigenvalue weighted by Gasteiger charge is -2.00. The molecule has 2 aromatic rings. The molecule has 1 aromatic carbocycles. The molecule has 1 aromatic heterocycles. The Morgan fingerprint density at radius 3 is 2.73 bits per heavy atom. The highest BCUT2D eigenvalue weighted by molar-refractivity contribution is 7.15. The first-order valence-electron chi connectivity index (χ1n) is 4.45. The third-order valence-electron chi connectivity index (χ3n) is 2.06. The van der Waals surface area contributed by atoms with Crippen LogP contribution in [0.4, 0.5) is 4.39 Å². The van der Waals surface area contributed by atoms with Crippen molar-refractivity contribution in [3.05, 3.63) is 46.0 Å². The SMILES string of the molecule is NCc1ccc(-c2cc(Cl)ccc2F)s1. The Balaban J connectivity index is 2.48. The summed E-state index contributed by atoms with van der Waals surface area (Å²) in [6.07, 6.45) is 0. The van der Waals surface area contributed by atoms with Gasteiger partial charge in [-0.3, -0.25) is 0 Å². The molecule has 0 bridgehead atoms. The van der Waals surface area contributed by atoms with Crippen molar-refractivity contribution in [1.82, 2.24) is 0 Å². The van der Waals surface area contributed by atoms with Crippen molar-refractivity contribution in [1.29, 1.82) is 0 Å². The number of thiophene rings is 1. The molecule has 78 valence electrons. The zero-order valence-corrected chi connectivity index (χ0v) is 9.41. The van der Waals surface area contributed by atoms with Crippen molar-refractivity contribution >= 4 is 22.9 Å². The van der Waals surface area contributed by atoms with E-state index in [9.17, 15) is 4.39 Å². The molecule has 1 heterocycles. The maximum atomic E-state index is 13.5. The molecule has 0 amide bonds. The molecule has 0 spiro atoms. The third-order valence-corrected chi connectivity index (χ3v) is 3.43. The summed E-state index contributed by atoms with van der Waals surface area (Å²) in [5, 5.41) is 0.536. The second-order valence-electron chi connectivity index (χ2n) is 3.09. The molecule has 0 atom stereocenters. The fraction of sp³-hybridized carbons (Fsp3) is 0.0909. The smallest absolute Gasteiger partial charge is 0.131 e. The van der Waals surface area contributed by atoms with Crippen LogP contribution in [0.5, 0.6) is 0 Å². The topological polar surface area (TPSA) is 26.0 Å². The number of benzene rings is 1. The van der Waals surface area contributed by atoms with Crippen molar-refractivity contribution in [2.45, 2.75) is 6.54 Å². The molecule has 0 aliphatic carbocycles. The molecule has 0 aliphatic heterocycles. The van der Waals surface area contributed by atoms with Gasteiger partial charge in [-0.2, -0.15) is 0 Å². The number of rotatable bonds is 2. The highest BCUT2D eigenvalue weighted by atomic mass is 35.5. The van der Waals surface area contributed by atoms with Gasteiger partial charge < -0.3 is 5.73 Å². The Bertz CT molecular complexity index is 481. The van der Waals surface area contributed by atoms with Crippen LogP contribution >= 0.6 is 22.9 Å². The standard InChI is InChI=1S/C11H9ClFNS/c12-7-1-3-10(13)9(5-7)11-4-2-8(6-14)15-11/h1-5H,6,14H2. The van der Waals surface area contributed by atoms with Crippen LogP contribution in [0.25, 0.3) is 10.4 Å². The van der Waals surface area contributed by atoms with Gasteiger partial charge in [-0.25, -0.2) is 4.39 Å². The van der Waals surface area contributed by atoms with Gasteiger partial charge >= 0.3 is 0 Å². The average molecular weight is 242 g/mol. The van der Waals surface area contributed by atoms with Crippen molar-refractivity contribution in [3.63, 3.8) is 0 Å². The van der Waals surface area contributed by atoms with Crippen molar-refractivity contribution in [2.24, 2.45) is 5.73 Å². The minimum Gasteiger partial charge on any atom is -0.326 e. The van der Waals surface area contributed by atoms with Crippen LogP contribution in [0.2, 0.25) is 5.02 Å². The molecule has 2 N–H and O–H groups in total. The Morgan fingerprint density at radius 2 is 2.07 bits per heavy atom. The lowest BCUT2D eigenvalue weighted by atomic mass is 10.2. The van der Waals surface area contributed by atoms with E-state index < -0.39 is 0 Å². The number of halogens is 2. The molecule has 0 aliphatic rings. The van der Waals surface area contributed by atoms with E-state index in [1.54, 1.807) is 6.07 Å². The van der Waals surface area contributed by atoms with Crippen LogP contribution < -0.4 is 5.73 Å². The maximum absolute atomic E-state index is 13.5. The normalized spacial score (nSPS) is 10.6. The van der Waals surface area contributed by atoms with Crippen LogP contribution in [-0.2, 0) is 6.54 Å². The van der Waals surface area contributed by atoms with Crippen molar-refractivity contribution in [2.75, 3.05) is 0 Å². The van der Waals surface area contributed by atoms with E-state index in [0.717, 1.165) is 9.75 Å². The van der Waals surface area contributed by atoms with Crippen LogP contribution in [-0.4, -0.2) is 0 Å². The summed E-state index contributed by atoms with van der Waals surface area (Å²) < 4.78 is 13.5. The van der Waals surface area contributed by atoms with Gasteiger partial charge in [0.2, 0.25) is 0 Å². The summed E-state index contributed by atoms with van der Waals surface area (Å²) >= 11 is 7.31. The highest BCUT2D eigenvalue weighted by Crippen LogP contribution is 2.31. The first-order valence-corrected chi connectivity index (χ1v) is 5.64. The second-order valence-corrected chi connectivity index (χ2v) is 4.70. The molecule has 0 unspecified atom stereocenters. The first-order chi connectivity index (χ1) is 7.20. The summed E-state index contributed by atoms with van der Waals surface area (Å²) in [5.41, 5.74) is 6.03. The van der Waals surface area contributed by atoms with Crippen LogP contribution in [0.1, 0.15) is 4.88 Å². The fourth-order valence-electron chi connectivity index (χ4n) is 1.32. The first kappa shape index (κ1) is 10.6. The van der Waals surface area contributed by atoms with Gasteiger partial charge in [0.05, 0.1) is 0 Å². The quantitative estimate of drug-likeness (QED) is 0.853. The zero-order valence-electron chi connectivity index (χ0n) is 7.84. The Kier molecular flexibility index (Phi) is 3.05. The van der Waals surface area contributed by atoms with E-state index in [1.807, 2.05) is 12.1 Å². The molecular formula is C11H9ClFNS. The molecule has 4 heteroatoms. The summed E-state index contributed by atoms with van der Waals surface area (Å²) in [4.78, 5) is 1.89. The molecule has 0 fully saturated rings. The molecule has 2 rings (SSSR count). The second kappa shape index (κ2) is 4.31. The van der Waals surface area contributed by atoms with Crippen LogP contribution in [0, 0.1) is 5.82 Å². The summed E-state index contributed by atoms with van der Waals surface area (Å²) in [6, 6.07) is 8.31. The molecule has 0 saturated carbocycles. The molecule has 0 saturated heterocycles. The fourth-order valence-corrected chi connectivity index (χ4v) is 2.40. The monoisotopic (exact) mass is 241 g/mol. The Morgan fingerprint density at radius 1 is 1.27 bits per heavy atom. The van der Waals surface area contributed by atoms with E-state index >= 15 is 0 Å². The van der Waals surface area contributed by atoms with Crippen molar-refractivity contribution in [3.8, 4) is 10.4 Å². The van der Waals surface area contributed by atoms with Gasteiger partial charge in [0.1, 0.15) is 5.82 Å². The third kappa shape index (κ3) is 2.20. The zero-order chi connectivity index (χ0) is 10.8. The van der Waals surface area contributed by atoms with E-state index in [4.69, 9.17) is 17.3 Å². The van der Waals surface area contributed by atoms with Gasteiger partial charge in [0, 0.05) is 26.9 Å². The van der Waals surface area contributed by atoms with Crippen LogP contribution in [0.3, 0.4) is 0 Å². The number of hydrogen-bond donors (Lipinski definition) is 1. The highest BCUT2D eigenvalue weighted by Gasteiger charge is 2.08. The average Bonchev–Trinajstić information content (AvgIpc) is 2.70. The molecule has 1 nitrogen and oxygen atoms in total. The Labute approximate surface area is 96.3 Å². The lowest BCUT2D eigenvalue weighted by molar-refractivity contribution is 0.632. The maximum Gasteiger partial charge on any atom is 0.131 e. The van der Waals surface area contributed by atoms with Crippen LogP contribution in [0.15, 0.2) is 30.3 Å².